The lowest BCUT2D eigenvalue weighted by atomic mass is 10.1. The van der Waals surface area contributed by atoms with E-state index in [1.165, 1.54) is 107 Å². The van der Waals surface area contributed by atoms with Gasteiger partial charge in [-0.1, -0.05) is 252 Å². The first-order valence-corrected chi connectivity index (χ1v) is 59.5. The number of ketones is 2. The van der Waals surface area contributed by atoms with E-state index in [1.54, 1.807) is 124 Å². The van der Waals surface area contributed by atoms with Crippen LogP contribution < -0.4 is 72.0 Å². The first-order chi connectivity index (χ1) is 70.4. The molecule has 1 fully saturated rings. The topological polar surface area (TPSA) is 559 Å². The molecule has 0 spiro atoms. The molecule has 15 N–H and O–H groups in total. The third kappa shape index (κ3) is 64.0. The third-order valence-corrected chi connectivity index (χ3v) is 32.4. The van der Waals surface area contributed by atoms with Crippen LogP contribution in [0, 0.1) is 78.1 Å². The molecule has 0 aromatic heterocycles. The minimum atomic E-state index is -0.861. The lowest BCUT2D eigenvalue weighted by Gasteiger charge is -2.16. The zero-order valence-corrected chi connectivity index (χ0v) is 94.9. The smallest absolute Gasteiger partial charge is 0.334 e. The van der Waals surface area contributed by atoms with Crippen molar-refractivity contribution in [2.75, 3.05) is 69.5 Å². The second kappa shape index (κ2) is 78.1. The molecule has 0 radical (unpaired) electrons. The molecule has 824 valence electrons. The van der Waals surface area contributed by atoms with Gasteiger partial charge < -0.3 is 92.5 Å². The highest BCUT2D eigenvalue weighted by Gasteiger charge is 2.30. The number of rotatable bonds is 52. The van der Waals surface area contributed by atoms with Crippen LogP contribution in [0.15, 0.2) is 181 Å². The summed E-state index contributed by atoms with van der Waals surface area (Å²) in [7, 11) is 10.9. The predicted octanol–water partition coefficient (Wildman–Crippen LogP) is 16.8. The number of aryl methyl sites for hydroxylation is 7. The summed E-state index contributed by atoms with van der Waals surface area (Å²) in [5.41, 5.74) is 30.4. The zero-order valence-electron chi connectivity index (χ0n) is 85.8. The summed E-state index contributed by atoms with van der Waals surface area (Å²) in [5.74, 6) is -1.59. The maximum atomic E-state index is 12.2. The number of thiol groups is 1. The molecule has 8 rings (SSSR count). The van der Waals surface area contributed by atoms with Crippen molar-refractivity contribution in [3.8, 4) is 40.2 Å². The van der Waals surface area contributed by atoms with E-state index in [0.717, 1.165) is 61.8 Å². The minimum absolute atomic E-state index is 0. The number of amides is 3. The van der Waals surface area contributed by atoms with Crippen LogP contribution in [0.5, 0.6) is 40.2 Å². The molecule has 1 aliphatic rings. The highest BCUT2D eigenvalue weighted by molar-refractivity contribution is 8.77. The number of carboxylic acids is 4. The van der Waals surface area contributed by atoms with E-state index >= 15 is 0 Å². The van der Waals surface area contributed by atoms with Crippen molar-refractivity contribution < 1.29 is 130 Å². The second-order valence-electron chi connectivity index (χ2n) is 33.8. The fraction of sp³-hybridized carbons (Fsp3) is 0.429. The number of nitrogens with two attached hydrogens (primary N) is 4. The number of nitrogens with one attached hydrogen (secondary N) is 3. The number of esters is 7. The number of carboxylic acid groups (broad SMARTS) is 4. The molecule has 0 bridgehead atoms. The molecule has 1 heterocycles. The number of Topliss-reactive ketones (excluding diaryl/α,β-unsaturated/α-hetero) is 2. The highest BCUT2D eigenvalue weighted by Crippen LogP contribution is 2.35. The van der Waals surface area contributed by atoms with Crippen LogP contribution in [-0.4, -0.2) is 227 Å². The quantitative estimate of drug-likeness (QED) is 0.00554. The molecular weight excluding hydrogens is 2140 g/mol. The van der Waals surface area contributed by atoms with E-state index in [1.807, 2.05) is 152 Å². The fourth-order valence-corrected chi connectivity index (χ4v) is 22.1. The van der Waals surface area contributed by atoms with E-state index in [9.17, 15) is 76.7 Å². The number of aliphatic carboxylic acids is 4. The van der Waals surface area contributed by atoms with Gasteiger partial charge in [-0.3, -0.25) is 52.7 Å². The lowest BCUT2D eigenvalue weighted by molar-refractivity contribution is -0.141. The average Bonchev–Trinajstić information content (AvgIpc) is 1.07. The van der Waals surface area contributed by atoms with Gasteiger partial charge in [-0.15, -0.1) is 11.8 Å². The number of carbonyl (C=O) groups is 16. The third-order valence-electron chi connectivity index (χ3n) is 19.8. The maximum Gasteiger partial charge on any atom is 0.334 e. The van der Waals surface area contributed by atoms with Gasteiger partial charge in [0.05, 0.1) is 48.1 Å². The minimum Gasteiger partial charge on any atom is -0.481 e. The van der Waals surface area contributed by atoms with Crippen LogP contribution in [0.3, 0.4) is 0 Å². The van der Waals surface area contributed by atoms with Crippen LogP contribution in [0.25, 0.3) is 0 Å². The Bertz CT molecular complexity index is 5170. The number of hydrogen-bond donors (Lipinski definition) is 12. The molecule has 0 aliphatic carbocycles. The van der Waals surface area contributed by atoms with Gasteiger partial charge in [-0.2, -0.15) is 24.4 Å². The summed E-state index contributed by atoms with van der Waals surface area (Å²) in [6.07, 6.45) is 3.45. The summed E-state index contributed by atoms with van der Waals surface area (Å²) >= 11 is 7.39. The van der Waals surface area contributed by atoms with Gasteiger partial charge in [-0.25, -0.2) is 24.0 Å². The monoisotopic (exact) mass is 2280 g/mol. The van der Waals surface area contributed by atoms with Gasteiger partial charge in [-0.05, 0) is 176 Å². The van der Waals surface area contributed by atoms with Crippen LogP contribution in [0.4, 0.5) is 0 Å². The Morgan fingerprint density at radius 1 is 0.367 bits per heavy atom. The largest absolute Gasteiger partial charge is 0.481 e. The molecule has 12 atom stereocenters. The molecule has 150 heavy (non-hydrogen) atoms. The molecule has 1 saturated heterocycles. The molecule has 1 aliphatic heterocycles. The molecular formula is C105H141N7O27S11. The van der Waals surface area contributed by atoms with Crippen LogP contribution in [0.1, 0.15) is 133 Å². The zero-order chi connectivity index (χ0) is 112. The second-order valence-corrected chi connectivity index (χ2v) is 46.6. The van der Waals surface area contributed by atoms with Crippen LogP contribution in [-0.2, 0) is 76.7 Å². The number of benzene rings is 7. The van der Waals surface area contributed by atoms with E-state index in [0.29, 0.717) is 92.7 Å². The standard InChI is InChI=1S/C19H26N2O5S.2C16H21NO5S2.2C14H19NO4S2.C13H14O2S.C12H17NO2S.CH4/c1-12-3-5-14(6-4-12)26-19(25)10-8-17(23)16(11-27)21-18(24)9-7-15(20)13(2)22;2*1-10-4-6-13(7-5-10)22-16(21)14(17-12(3)18)9-24-23-8-11(2)15(19)20;2*1-9-3-5-11(6-4-9)19-14(18)12(15)8-21-20-7-10(2)13(16)17;1-9-3-5-12(6-4-9)15-13(14)11-7-10(2)16-8-11;1-9-3-5-10(6-4-9)15-12(14)11(13)7-8-16-2;/h3-6,15-16,27H,7-11,20H2,1-2H3,(H,21,24);2*4-7,11,14H,8-9H2,1-3H3,(H,17,18)(H,19,20);2*3-6,10,12H,7-8,15H2,1-2H3,(H,16,17);3-6,11H,2,7-8H2,1H3;3-6,11H,7-8,13H2,1-2H3;1H4. The molecule has 34 nitrogen and oxygen atoms in total. The fourth-order valence-electron chi connectivity index (χ4n) is 10.4. The highest BCUT2D eigenvalue weighted by atomic mass is 33.1. The number of allylic oxidation sites excluding steroid dienone is 1. The van der Waals surface area contributed by atoms with E-state index < -0.39 is 120 Å². The Morgan fingerprint density at radius 3 is 0.907 bits per heavy atom. The summed E-state index contributed by atoms with van der Waals surface area (Å²) in [5, 5.41) is 42.8. The van der Waals surface area contributed by atoms with Gasteiger partial charge in [0, 0.05) is 84.2 Å². The number of thioether (sulfide) groups is 2. The molecule has 7 aromatic rings. The maximum absolute atomic E-state index is 12.2. The summed E-state index contributed by atoms with van der Waals surface area (Å²) < 4.78 is 36.5. The summed E-state index contributed by atoms with van der Waals surface area (Å²) in [6, 6.07) is 45.1. The van der Waals surface area contributed by atoms with Crippen LogP contribution >= 0.6 is 123 Å². The van der Waals surface area contributed by atoms with Gasteiger partial charge in [0.2, 0.25) is 17.7 Å². The Kier molecular flexibility index (Phi) is 71.8. The Balaban J connectivity index is 0.000000879. The molecule has 0 saturated carbocycles. The molecule has 3 amide bonds. The Labute approximate surface area is 924 Å². The van der Waals surface area contributed by atoms with Crippen LogP contribution in [0.2, 0.25) is 0 Å². The van der Waals surface area contributed by atoms with Crippen molar-refractivity contribution in [2.24, 2.45) is 52.5 Å². The molecule has 45 heteroatoms. The summed E-state index contributed by atoms with van der Waals surface area (Å²) in [6.45, 7) is 28.1. The van der Waals surface area contributed by atoms with Crippen molar-refractivity contribution in [1.82, 2.24) is 16.0 Å². The van der Waals surface area contributed by atoms with Crippen molar-refractivity contribution in [2.45, 2.75) is 185 Å². The van der Waals surface area contributed by atoms with Gasteiger partial charge in [0.25, 0.3) is 0 Å². The average molecular weight is 2290 g/mol. The normalized spacial score (nSPS) is 13.6. The Hall–Kier alpha value is -10.1. The first-order valence-electron chi connectivity index (χ1n) is 46.5. The van der Waals surface area contributed by atoms with Gasteiger partial charge in [0.15, 0.2) is 5.78 Å². The van der Waals surface area contributed by atoms with Crippen molar-refractivity contribution >= 4 is 217 Å². The first kappa shape index (κ1) is 138. The van der Waals surface area contributed by atoms with Crippen molar-refractivity contribution in [3.05, 3.63) is 220 Å². The van der Waals surface area contributed by atoms with E-state index in [-0.39, 0.29) is 86.0 Å². The number of ether oxygens (including phenoxy) is 7. The van der Waals surface area contributed by atoms with E-state index in [2.05, 4.69) is 35.2 Å². The van der Waals surface area contributed by atoms with Crippen molar-refractivity contribution in [3.63, 3.8) is 0 Å². The Morgan fingerprint density at radius 2 is 0.640 bits per heavy atom. The van der Waals surface area contributed by atoms with Crippen molar-refractivity contribution in [1.29, 1.82) is 0 Å². The summed E-state index contributed by atoms with van der Waals surface area (Å²) in [4.78, 5) is 185. The van der Waals surface area contributed by atoms with Gasteiger partial charge >= 0.3 is 65.7 Å². The number of hydrogen-bond acceptors (Lipinski definition) is 38. The van der Waals surface area contributed by atoms with E-state index in [4.69, 9.17) is 76.5 Å². The molecule has 7 aromatic carbocycles. The lowest BCUT2D eigenvalue weighted by Crippen LogP contribution is -2.43. The number of carbonyl (C=O) groups excluding carboxylic acids is 12. The van der Waals surface area contributed by atoms with Gasteiger partial charge in [0.1, 0.15) is 76.2 Å². The predicted molar refractivity (Wildman–Crippen MR) is 611 cm³/mol. The molecule has 12 unspecified atom stereocenters. The SMILES string of the molecule is C.C=C1CC(C(=O)Oc2ccc(C)cc2)CS1.CC(=O)C(N)CCC(=O)NC(CS)C(=O)CCC(=O)Oc1ccc(C)cc1.CC(=O)NC(CSSCC(C)C(=O)O)C(=O)Oc1ccc(C)cc1.CC(=O)NC(CSSCC(C)C(=O)O)C(=O)Oc1ccc(C)cc1.CSCCC(N)C(=O)Oc1ccc(C)cc1.Cc1ccc(OC(=O)C(N)CSSCC(C)C(=O)O)cc1.Cc1ccc(OC(=O)C(N)CSSCC(C)C(=O)O)cc1.